The molecule has 12 heavy (non-hydrogen) atoms. The first-order valence-electron chi connectivity index (χ1n) is 4.08. The summed E-state index contributed by atoms with van der Waals surface area (Å²) in [5, 5.41) is 0. The number of aryl methyl sites for hydroxylation is 2. The molecule has 1 unspecified atom stereocenters. The predicted octanol–water partition coefficient (Wildman–Crippen LogP) is 2.52. The molecule has 0 aromatic carbocycles. The molecule has 1 aliphatic rings. The third kappa shape index (κ3) is 1.08. The first kappa shape index (κ1) is 7.92. The first-order valence-corrected chi connectivity index (χ1v) is 4.89. The Morgan fingerprint density at radius 2 is 1.92 bits per heavy atom. The summed E-state index contributed by atoms with van der Waals surface area (Å²) in [6.45, 7) is 6.83. The van der Waals surface area contributed by atoms with Crippen LogP contribution in [-0.2, 0) is 0 Å². The van der Waals surface area contributed by atoms with Crippen molar-refractivity contribution in [1.29, 1.82) is 0 Å². The number of ether oxygens (including phenoxy) is 2. The molecule has 0 fully saturated rings. The van der Waals surface area contributed by atoms with Crippen LogP contribution >= 0.6 is 11.3 Å². The lowest BCUT2D eigenvalue weighted by Crippen LogP contribution is -2.25. The summed E-state index contributed by atoms with van der Waals surface area (Å²) < 4.78 is 11.2. The van der Waals surface area contributed by atoms with Gasteiger partial charge in [0.05, 0.1) is 0 Å². The van der Waals surface area contributed by atoms with Gasteiger partial charge in [0.15, 0.2) is 11.5 Å². The highest BCUT2D eigenvalue weighted by atomic mass is 32.1. The van der Waals surface area contributed by atoms with Crippen LogP contribution < -0.4 is 9.47 Å². The van der Waals surface area contributed by atoms with Crippen LogP contribution in [0.4, 0.5) is 0 Å². The molecule has 0 saturated carbocycles. The van der Waals surface area contributed by atoms with Gasteiger partial charge in [0, 0.05) is 9.75 Å². The molecule has 2 rings (SSSR count). The fraction of sp³-hybridized carbons (Fsp3) is 0.556. The molecule has 0 bridgehead atoms. The van der Waals surface area contributed by atoms with Crippen molar-refractivity contribution < 1.29 is 9.47 Å². The normalized spacial score (nSPS) is 21.1. The molecule has 1 aliphatic heterocycles. The zero-order chi connectivity index (χ0) is 8.72. The quantitative estimate of drug-likeness (QED) is 0.617. The van der Waals surface area contributed by atoms with E-state index in [1.54, 1.807) is 11.3 Å². The van der Waals surface area contributed by atoms with Crippen LogP contribution in [-0.4, -0.2) is 12.7 Å². The van der Waals surface area contributed by atoms with Crippen LogP contribution in [0.25, 0.3) is 0 Å². The van der Waals surface area contributed by atoms with Crippen LogP contribution in [0.5, 0.6) is 11.5 Å². The molecule has 1 aromatic rings. The Hall–Kier alpha value is -0.700. The SMILES string of the molecule is Cc1sc(C)c2c1OCC(C)O2. The molecule has 2 heterocycles. The monoisotopic (exact) mass is 184 g/mol. The lowest BCUT2D eigenvalue weighted by Gasteiger charge is -2.22. The van der Waals surface area contributed by atoms with Crippen LogP contribution in [0.15, 0.2) is 0 Å². The average Bonchev–Trinajstić information content (AvgIpc) is 2.28. The highest BCUT2D eigenvalue weighted by molar-refractivity contribution is 7.12. The number of fused-ring (bicyclic) bond motifs is 1. The summed E-state index contributed by atoms with van der Waals surface area (Å²) in [7, 11) is 0. The zero-order valence-electron chi connectivity index (χ0n) is 7.51. The van der Waals surface area contributed by atoms with E-state index in [1.165, 1.54) is 9.75 Å². The maximum Gasteiger partial charge on any atom is 0.175 e. The molecule has 66 valence electrons. The maximum atomic E-state index is 5.67. The van der Waals surface area contributed by atoms with Gasteiger partial charge < -0.3 is 9.47 Å². The average molecular weight is 184 g/mol. The van der Waals surface area contributed by atoms with Gasteiger partial charge in [-0.25, -0.2) is 0 Å². The minimum absolute atomic E-state index is 0.185. The molecular weight excluding hydrogens is 172 g/mol. The topological polar surface area (TPSA) is 18.5 Å². The molecule has 0 aliphatic carbocycles. The summed E-state index contributed by atoms with van der Waals surface area (Å²) in [5.74, 6) is 1.91. The largest absolute Gasteiger partial charge is 0.485 e. The van der Waals surface area contributed by atoms with Gasteiger partial charge >= 0.3 is 0 Å². The molecule has 1 atom stereocenters. The summed E-state index contributed by atoms with van der Waals surface area (Å²) in [6.07, 6.45) is 0.185. The van der Waals surface area contributed by atoms with Crippen LogP contribution in [0.2, 0.25) is 0 Å². The van der Waals surface area contributed by atoms with Gasteiger partial charge in [-0.2, -0.15) is 0 Å². The Bertz CT molecular complexity index is 304. The zero-order valence-corrected chi connectivity index (χ0v) is 8.33. The van der Waals surface area contributed by atoms with Crippen molar-refractivity contribution in [2.24, 2.45) is 0 Å². The Morgan fingerprint density at radius 3 is 2.67 bits per heavy atom. The summed E-state index contributed by atoms with van der Waals surface area (Å²) >= 11 is 1.74. The van der Waals surface area contributed by atoms with Crippen molar-refractivity contribution in [3.8, 4) is 11.5 Å². The fourth-order valence-electron chi connectivity index (χ4n) is 1.38. The molecule has 0 saturated heterocycles. The minimum atomic E-state index is 0.185. The van der Waals surface area contributed by atoms with Crippen molar-refractivity contribution in [1.82, 2.24) is 0 Å². The summed E-state index contributed by atoms with van der Waals surface area (Å²) in [5.41, 5.74) is 0. The lowest BCUT2D eigenvalue weighted by molar-refractivity contribution is 0.104. The Balaban J connectivity index is 2.45. The summed E-state index contributed by atoms with van der Waals surface area (Å²) in [6, 6.07) is 0. The van der Waals surface area contributed by atoms with Crippen LogP contribution in [0, 0.1) is 13.8 Å². The molecule has 2 nitrogen and oxygen atoms in total. The van der Waals surface area contributed by atoms with E-state index in [1.807, 2.05) is 6.92 Å². The third-order valence-corrected chi connectivity index (χ3v) is 2.92. The molecular formula is C9H12O2S. The van der Waals surface area contributed by atoms with E-state index in [4.69, 9.17) is 9.47 Å². The summed E-state index contributed by atoms with van der Waals surface area (Å²) in [4.78, 5) is 2.43. The standard InChI is InChI=1S/C9H12O2S/c1-5-4-10-8-6(2)12-7(3)9(8)11-5/h5H,4H2,1-3H3. The highest BCUT2D eigenvalue weighted by Crippen LogP contribution is 2.43. The first-order chi connectivity index (χ1) is 5.68. The van der Waals surface area contributed by atoms with Crippen molar-refractivity contribution in [3.05, 3.63) is 9.75 Å². The smallest absolute Gasteiger partial charge is 0.175 e. The van der Waals surface area contributed by atoms with Gasteiger partial charge in [-0.1, -0.05) is 0 Å². The number of rotatable bonds is 0. The number of hydrogen-bond acceptors (Lipinski definition) is 3. The van der Waals surface area contributed by atoms with Gasteiger partial charge in [0.1, 0.15) is 12.7 Å². The molecule has 3 heteroatoms. The third-order valence-electron chi connectivity index (χ3n) is 1.93. The van der Waals surface area contributed by atoms with Crippen molar-refractivity contribution in [2.75, 3.05) is 6.61 Å². The van der Waals surface area contributed by atoms with E-state index in [0.29, 0.717) is 6.61 Å². The van der Waals surface area contributed by atoms with E-state index in [0.717, 1.165) is 11.5 Å². The van der Waals surface area contributed by atoms with E-state index >= 15 is 0 Å². The maximum absolute atomic E-state index is 5.67. The fourth-order valence-corrected chi connectivity index (χ4v) is 2.32. The van der Waals surface area contributed by atoms with Gasteiger partial charge in [-0.15, -0.1) is 11.3 Å². The van der Waals surface area contributed by atoms with Crippen molar-refractivity contribution in [3.63, 3.8) is 0 Å². The molecule has 0 spiro atoms. The predicted molar refractivity (Wildman–Crippen MR) is 49.4 cm³/mol. The highest BCUT2D eigenvalue weighted by Gasteiger charge is 2.23. The van der Waals surface area contributed by atoms with Gasteiger partial charge in [-0.3, -0.25) is 0 Å². The Labute approximate surface area is 76.1 Å². The van der Waals surface area contributed by atoms with Gasteiger partial charge in [0.2, 0.25) is 0 Å². The molecule has 0 N–H and O–H groups in total. The second-order valence-electron chi connectivity index (χ2n) is 3.11. The van der Waals surface area contributed by atoms with E-state index < -0.39 is 0 Å². The van der Waals surface area contributed by atoms with Crippen LogP contribution in [0.1, 0.15) is 16.7 Å². The van der Waals surface area contributed by atoms with Crippen molar-refractivity contribution in [2.45, 2.75) is 26.9 Å². The second-order valence-corrected chi connectivity index (χ2v) is 4.54. The molecule has 0 radical (unpaired) electrons. The van der Waals surface area contributed by atoms with E-state index in [-0.39, 0.29) is 6.10 Å². The number of hydrogen-bond donors (Lipinski definition) is 0. The minimum Gasteiger partial charge on any atom is -0.485 e. The number of thiophene rings is 1. The second kappa shape index (κ2) is 2.66. The molecule has 0 amide bonds. The van der Waals surface area contributed by atoms with E-state index in [2.05, 4.69) is 13.8 Å². The van der Waals surface area contributed by atoms with Crippen molar-refractivity contribution >= 4 is 11.3 Å². The Kier molecular flexibility index (Phi) is 1.76. The van der Waals surface area contributed by atoms with Gasteiger partial charge in [0.25, 0.3) is 0 Å². The van der Waals surface area contributed by atoms with Gasteiger partial charge in [-0.05, 0) is 20.8 Å². The van der Waals surface area contributed by atoms with Crippen LogP contribution in [0.3, 0.4) is 0 Å². The Morgan fingerprint density at radius 1 is 1.25 bits per heavy atom. The molecule has 1 aromatic heterocycles. The van der Waals surface area contributed by atoms with E-state index in [9.17, 15) is 0 Å². The lowest BCUT2D eigenvalue weighted by atomic mass is 10.3.